The number of hydrogen-bond donors (Lipinski definition) is 1. The Morgan fingerprint density at radius 3 is 2.09 bits per heavy atom. The number of benzene rings is 5. The summed E-state index contributed by atoms with van der Waals surface area (Å²) in [7, 11) is 1.87. The van der Waals surface area contributed by atoms with Crippen molar-refractivity contribution in [1.29, 1.82) is 0 Å². The quantitative estimate of drug-likeness (QED) is 0.215. The molecule has 2 aliphatic heterocycles. The van der Waals surface area contributed by atoms with E-state index in [4.69, 9.17) is 0 Å². The van der Waals surface area contributed by atoms with Gasteiger partial charge < -0.3 is 9.80 Å². The first-order valence-corrected chi connectivity index (χ1v) is 15.6. The summed E-state index contributed by atoms with van der Waals surface area (Å²) in [6.07, 6.45) is -0.328. The Labute approximate surface area is 265 Å². The number of aromatic nitrogens is 3. The number of rotatable bonds is 5. The highest BCUT2D eigenvalue weighted by molar-refractivity contribution is 8.08. The summed E-state index contributed by atoms with van der Waals surface area (Å²) in [5, 5.41) is 10.0. The van der Waals surface area contributed by atoms with Crippen LogP contribution in [0.25, 0.3) is 22.0 Å². The molecule has 0 fully saturated rings. The molecule has 1 aromatic heterocycles. The van der Waals surface area contributed by atoms with Gasteiger partial charge in [-0.1, -0.05) is 115 Å². The lowest BCUT2D eigenvalue weighted by Gasteiger charge is -2.44. The number of carbonyl (C=O) groups excluding carboxylic acids is 1. The summed E-state index contributed by atoms with van der Waals surface area (Å²) in [5.41, 5.74) is 11.2. The zero-order valence-corrected chi connectivity index (χ0v) is 25.2. The Hall–Kier alpha value is -5.60. The van der Waals surface area contributed by atoms with Gasteiger partial charge in [0.25, 0.3) is 5.91 Å². The first-order chi connectivity index (χ1) is 22.2. The van der Waals surface area contributed by atoms with E-state index in [2.05, 4.69) is 69.1 Å². The van der Waals surface area contributed by atoms with Crippen LogP contribution in [0.15, 0.2) is 145 Å². The Bertz CT molecular complexity index is 2060. The molecule has 8 heteroatoms. The Balaban J connectivity index is 1.24. The van der Waals surface area contributed by atoms with Gasteiger partial charge in [-0.15, -0.1) is 10.2 Å². The summed E-state index contributed by atoms with van der Waals surface area (Å²) in [4.78, 5) is 18.7. The zero-order chi connectivity index (χ0) is 30.3. The van der Waals surface area contributed by atoms with Gasteiger partial charge in [-0.25, -0.2) is 4.68 Å². The van der Waals surface area contributed by atoms with Crippen LogP contribution in [0, 0.1) is 0 Å². The van der Waals surface area contributed by atoms with E-state index in [1.165, 1.54) is 0 Å². The predicted octanol–water partition coefficient (Wildman–Crippen LogP) is 8.04. The second kappa shape index (κ2) is 11.2. The van der Waals surface area contributed by atoms with Crippen LogP contribution >= 0.6 is 11.8 Å². The van der Waals surface area contributed by atoms with Crippen LogP contribution in [-0.2, 0) is 0 Å². The van der Waals surface area contributed by atoms with Crippen molar-refractivity contribution in [2.75, 3.05) is 17.4 Å². The fourth-order valence-corrected chi connectivity index (χ4v) is 7.07. The largest absolute Gasteiger partial charge is 0.317 e. The van der Waals surface area contributed by atoms with E-state index in [0.29, 0.717) is 11.4 Å². The molecule has 0 spiro atoms. The van der Waals surface area contributed by atoms with Crippen molar-refractivity contribution in [2.24, 2.45) is 0 Å². The van der Waals surface area contributed by atoms with E-state index >= 15 is 0 Å². The van der Waals surface area contributed by atoms with Gasteiger partial charge >= 0.3 is 0 Å². The molecule has 1 unspecified atom stereocenters. The van der Waals surface area contributed by atoms with Crippen LogP contribution < -0.4 is 10.3 Å². The first-order valence-electron chi connectivity index (χ1n) is 14.7. The molecule has 1 N–H and O–H groups in total. The highest BCUT2D eigenvalue weighted by atomic mass is 32.2. The van der Waals surface area contributed by atoms with Gasteiger partial charge in [0.2, 0.25) is 5.16 Å². The standard InChI is InChI=1S/C37H28N6OS/c1-41-35(27-18-9-4-10-19-27)42(31-23-12-11-22-30(31)36(41)44)29-21-13-20-28(24-29)34-38-39-37-43(34)40-32(25-14-5-2-6-15-25)33(45-37)26-16-7-3-8-17-26/h2-24,35,40H,1H3. The molecule has 5 aromatic carbocycles. The average molecular weight is 605 g/mol. The van der Waals surface area contributed by atoms with E-state index < -0.39 is 0 Å². The third-order valence-electron chi connectivity index (χ3n) is 8.18. The average Bonchev–Trinajstić information content (AvgIpc) is 3.53. The summed E-state index contributed by atoms with van der Waals surface area (Å²) in [5.74, 6) is 0.694. The number of nitrogens with zero attached hydrogens (tertiary/aromatic N) is 5. The molecule has 0 bridgehead atoms. The Morgan fingerprint density at radius 2 is 1.33 bits per heavy atom. The van der Waals surface area contributed by atoms with Crippen molar-refractivity contribution in [1.82, 2.24) is 19.8 Å². The molecule has 2 aliphatic rings. The zero-order valence-electron chi connectivity index (χ0n) is 24.4. The number of para-hydroxylation sites is 1. The van der Waals surface area contributed by atoms with Gasteiger partial charge in [0.05, 0.1) is 16.9 Å². The number of carbonyl (C=O) groups is 1. The molecule has 0 saturated carbocycles. The van der Waals surface area contributed by atoms with Gasteiger partial charge in [-0.3, -0.25) is 10.2 Å². The summed E-state index contributed by atoms with van der Waals surface area (Å²) >= 11 is 1.60. The molecule has 6 aromatic rings. The number of hydrogen-bond acceptors (Lipinski definition) is 6. The van der Waals surface area contributed by atoms with Crippen molar-refractivity contribution in [3.63, 3.8) is 0 Å². The normalized spacial score (nSPS) is 15.8. The fraction of sp³-hybridized carbons (Fsp3) is 0.0541. The van der Waals surface area contributed by atoms with Crippen LogP contribution in [0.3, 0.4) is 0 Å². The number of thioether (sulfide) groups is 1. The second-order valence-corrected chi connectivity index (χ2v) is 11.9. The molecule has 45 heavy (non-hydrogen) atoms. The van der Waals surface area contributed by atoms with E-state index in [0.717, 1.165) is 49.4 Å². The third-order valence-corrected chi connectivity index (χ3v) is 9.27. The topological polar surface area (TPSA) is 66.3 Å². The molecule has 3 heterocycles. The number of anilines is 2. The SMILES string of the molecule is CN1C(=O)c2ccccc2N(c2cccc(-c3nnc4n3NC(c3ccccc3)=C(c3ccccc3)S4)c2)C1c1ccccc1. The minimum atomic E-state index is -0.328. The van der Waals surface area contributed by atoms with E-state index in [-0.39, 0.29) is 12.1 Å². The van der Waals surface area contributed by atoms with Crippen molar-refractivity contribution in [3.05, 3.63) is 162 Å². The lowest BCUT2D eigenvalue weighted by atomic mass is 10.00. The van der Waals surface area contributed by atoms with Gasteiger partial charge in [0.1, 0.15) is 6.17 Å². The van der Waals surface area contributed by atoms with Crippen LogP contribution in [0.5, 0.6) is 0 Å². The Morgan fingerprint density at radius 1 is 0.689 bits per heavy atom. The molecule has 0 radical (unpaired) electrons. The van der Waals surface area contributed by atoms with E-state index in [1.807, 2.05) is 108 Å². The second-order valence-electron chi connectivity index (χ2n) is 10.9. The van der Waals surface area contributed by atoms with Crippen LogP contribution in [0.4, 0.5) is 11.4 Å². The van der Waals surface area contributed by atoms with Gasteiger partial charge in [0, 0.05) is 28.8 Å². The van der Waals surface area contributed by atoms with E-state index in [1.54, 1.807) is 11.8 Å². The number of amides is 1. The lowest BCUT2D eigenvalue weighted by molar-refractivity contribution is 0.0716. The van der Waals surface area contributed by atoms with Gasteiger partial charge in [-0.05, 0) is 47.2 Å². The summed E-state index contributed by atoms with van der Waals surface area (Å²) < 4.78 is 1.97. The van der Waals surface area contributed by atoms with Crippen molar-refractivity contribution in [2.45, 2.75) is 11.3 Å². The maximum Gasteiger partial charge on any atom is 0.257 e. The maximum absolute atomic E-state index is 13.5. The van der Waals surface area contributed by atoms with E-state index in [9.17, 15) is 4.79 Å². The van der Waals surface area contributed by atoms with Crippen molar-refractivity contribution in [3.8, 4) is 11.4 Å². The Kier molecular flexibility index (Phi) is 6.69. The summed E-state index contributed by atoms with van der Waals surface area (Å²) in [6, 6.07) is 46.9. The monoisotopic (exact) mass is 604 g/mol. The van der Waals surface area contributed by atoms with Gasteiger partial charge in [-0.2, -0.15) is 0 Å². The molecule has 7 nitrogen and oxygen atoms in total. The minimum absolute atomic E-state index is 0.00550. The molecular weight excluding hydrogens is 577 g/mol. The third kappa shape index (κ3) is 4.67. The number of nitrogens with one attached hydrogen (secondary N) is 1. The highest BCUT2D eigenvalue weighted by Gasteiger charge is 2.37. The molecule has 1 amide bonds. The molecule has 218 valence electrons. The minimum Gasteiger partial charge on any atom is -0.317 e. The van der Waals surface area contributed by atoms with Crippen LogP contribution in [0.1, 0.15) is 33.2 Å². The van der Waals surface area contributed by atoms with Gasteiger partial charge in [0.15, 0.2) is 5.82 Å². The van der Waals surface area contributed by atoms with Crippen molar-refractivity contribution >= 4 is 39.6 Å². The molecule has 1 atom stereocenters. The molecule has 0 saturated heterocycles. The summed E-state index contributed by atoms with van der Waals surface area (Å²) in [6.45, 7) is 0. The molecular formula is C37H28N6OS. The van der Waals surface area contributed by atoms with Crippen LogP contribution in [0.2, 0.25) is 0 Å². The fourth-order valence-electron chi connectivity index (χ4n) is 6.07. The lowest BCUT2D eigenvalue weighted by Crippen LogP contribution is -2.45. The maximum atomic E-state index is 13.5. The predicted molar refractivity (Wildman–Crippen MR) is 180 cm³/mol. The van der Waals surface area contributed by atoms with Crippen molar-refractivity contribution < 1.29 is 4.79 Å². The number of fused-ring (bicyclic) bond motifs is 2. The molecule has 0 aliphatic carbocycles. The van der Waals surface area contributed by atoms with Crippen LogP contribution in [-0.4, -0.2) is 32.7 Å². The first kappa shape index (κ1) is 27.0. The molecule has 8 rings (SSSR count). The smallest absolute Gasteiger partial charge is 0.257 e. The highest BCUT2D eigenvalue weighted by Crippen LogP contribution is 2.45.